The van der Waals surface area contributed by atoms with Crippen LogP contribution < -0.4 is 9.80 Å². The van der Waals surface area contributed by atoms with Crippen LogP contribution in [0.3, 0.4) is 0 Å². The van der Waals surface area contributed by atoms with Crippen molar-refractivity contribution in [1.82, 2.24) is 0 Å². The molecule has 0 aliphatic heterocycles. The molecule has 140 valence electrons. The fraction of sp³-hybridized carbons (Fsp3) is 0.409. The van der Waals surface area contributed by atoms with Crippen molar-refractivity contribution in [3.8, 4) is 5.75 Å². The van der Waals surface area contributed by atoms with Crippen molar-refractivity contribution < 1.29 is 14.7 Å². The van der Waals surface area contributed by atoms with Gasteiger partial charge in [-0.1, -0.05) is 39.0 Å². The zero-order valence-electron chi connectivity index (χ0n) is 16.4. The molecule has 0 bridgehead atoms. The van der Waals surface area contributed by atoms with Gasteiger partial charge in [-0.2, -0.15) is 5.06 Å². The molecule has 0 saturated heterocycles. The van der Waals surface area contributed by atoms with E-state index in [0.29, 0.717) is 12.3 Å². The van der Waals surface area contributed by atoms with Crippen LogP contribution in [0.25, 0.3) is 0 Å². The van der Waals surface area contributed by atoms with E-state index in [0.717, 1.165) is 40.3 Å². The third kappa shape index (κ3) is 4.25. The SMILES string of the molecule is CCC(=O)N(O)c1cccc(CC)c1COc1cc(C)c(CC)cc1C. The van der Waals surface area contributed by atoms with Gasteiger partial charge in [-0.15, -0.1) is 0 Å². The molecule has 0 saturated carbocycles. The second-order valence-corrected chi connectivity index (χ2v) is 6.51. The summed E-state index contributed by atoms with van der Waals surface area (Å²) >= 11 is 0. The Labute approximate surface area is 156 Å². The van der Waals surface area contributed by atoms with Gasteiger partial charge in [0.1, 0.15) is 12.4 Å². The van der Waals surface area contributed by atoms with Crippen molar-refractivity contribution in [2.45, 2.75) is 60.5 Å². The maximum Gasteiger partial charge on any atom is 0.250 e. The minimum absolute atomic E-state index is 0.240. The molecule has 0 aliphatic carbocycles. The van der Waals surface area contributed by atoms with Crippen LogP contribution in [-0.2, 0) is 24.2 Å². The average Bonchev–Trinajstić information content (AvgIpc) is 2.66. The molecule has 0 aliphatic rings. The van der Waals surface area contributed by atoms with E-state index in [2.05, 4.69) is 32.9 Å². The zero-order valence-corrected chi connectivity index (χ0v) is 16.4. The highest BCUT2D eigenvalue weighted by Crippen LogP contribution is 2.28. The van der Waals surface area contributed by atoms with Crippen molar-refractivity contribution in [2.75, 3.05) is 5.06 Å². The molecule has 0 atom stereocenters. The molecule has 1 N–H and O–H groups in total. The predicted octanol–water partition coefficient (Wildman–Crippen LogP) is 5.14. The van der Waals surface area contributed by atoms with Crippen LogP contribution in [-0.4, -0.2) is 11.1 Å². The first-order chi connectivity index (χ1) is 12.4. The average molecular weight is 355 g/mol. The van der Waals surface area contributed by atoms with Gasteiger partial charge in [0.25, 0.3) is 0 Å². The van der Waals surface area contributed by atoms with Gasteiger partial charge < -0.3 is 4.74 Å². The molecular formula is C22H29NO3. The van der Waals surface area contributed by atoms with E-state index in [1.807, 2.05) is 19.1 Å². The first-order valence-electron chi connectivity index (χ1n) is 9.28. The largest absolute Gasteiger partial charge is 0.489 e. The lowest BCUT2D eigenvalue weighted by Gasteiger charge is -2.21. The van der Waals surface area contributed by atoms with Gasteiger partial charge in [0.2, 0.25) is 5.91 Å². The summed E-state index contributed by atoms with van der Waals surface area (Å²) in [7, 11) is 0. The predicted molar refractivity (Wildman–Crippen MR) is 105 cm³/mol. The highest BCUT2D eigenvalue weighted by atomic mass is 16.5. The molecule has 0 fully saturated rings. The van der Waals surface area contributed by atoms with E-state index in [-0.39, 0.29) is 12.3 Å². The minimum atomic E-state index is -0.334. The quantitative estimate of drug-likeness (QED) is 0.553. The second-order valence-electron chi connectivity index (χ2n) is 6.51. The van der Waals surface area contributed by atoms with Gasteiger partial charge in [-0.05, 0) is 61.1 Å². The Kier molecular flexibility index (Phi) is 6.81. The van der Waals surface area contributed by atoms with Crippen LogP contribution in [0, 0.1) is 13.8 Å². The standard InChI is InChI=1S/C22H29NO3/c1-6-17-10-9-11-20(23(25)22(24)8-3)19(17)14-26-21-13-15(4)18(7-2)12-16(21)5/h9-13,25H,6-8,14H2,1-5H3. The van der Waals surface area contributed by atoms with Crippen LogP contribution in [0.5, 0.6) is 5.75 Å². The second kappa shape index (κ2) is 8.86. The summed E-state index contributed by atoms with van der Waals surface area (Å²) in [6.45, 7) is 10.4. The lowest BCUT2D eigenvalue weighted by molar-refractivity contribution is -0.123. The fourth-order valence-corrected chi connectivity index (χ4v) is 3.14. The molecule has 0 unspecified atom stereocenters. The Balaban J connectivity index is 2.34. The summed E-state index contributed by atoms with van der Waals surface area (Å²) in [5, 5.41) is 11.0. The van der Waals surface area contributed by atoms with Crippen LogP contribution in [0.2, 0.25) is 0 Å². The van der Waals surface area contributed by atoms with Crippen LogP contribution in [0.1, 0.15) is 55.0 Å². The third-order valence-electron chi connectivity index (χ3n) is 4.78. The number of hydroxylamine groups is 1. The van der Waals surface area contributed by atoms with Crippen molar-refractivity contribution in [3.05, 3.63) is 58.1 Å². The van der Waals surface area contributed by atoms with Crippen LogP contribution in [0.15, 0.2) is 30.3 Å². The monoisotopic (exact) mass is 355 g/mol. The maximum atomic E-state index is 11.9. The number of rotatable bonds is 7. The number of benzene rings is 2. The number of ether oxygens (including phenoxy) is 1. The molecule has 0 aromatic heterocycles. The lowest BCUT2D eigenvalue weighted by Crippen LogP contribution is -2.27. The molecular weight excluding hydrogens is 326 g/mol. The normalized spacial score (nSPS) is 10.7. The number of carbonyl (C=O) groups excluding carboxylic acids is 1. The molecule has 0 radical (unpaired) electrons. The molecule has 1 amide bonds. The molecule has 0 spiro atoms. The number of aryl methyl sites for hydroxylation is 4. The molecule has 2 aromatic rings. The van der Waals surface area contributed by atoms with E-state index < -0.39 is 0 Å². The molecule has 26 heavy (non-hydrogen) atoms. The van der Waals surface area contributed by atoms with Gasteiger partial charge in [-0.25, -0.2) is 0 Å². The van der Waals surface area contributed by atoms with E-state index in [1.54, 1.807) is 13.0 Å². The first kappa shape index (κ1) is 20.0. The highest BCUT2D eigenvalue weighted by molar-refractivity contribution is 5.91. The number of carbonyl (C=O) groups is 1. The van der Waals surface area contributed by atoms with Crippen LogP contribution in [0.4, 0.5) is 5.69 Å². The third-order valence-corrected chi connectivity index (χ3v) is 4.78. The van der Waals surface area contributed by atoms with Crippen molar-refractivity contribution in [1.29, 1.82) is 0 Å². The summed E-state index contributed by atoms with van der Waals surface area (Å²) in [6.07, 6.45) is 2.03. The Morgan fingerprint density at radius 2 is 1.73 bits per heavy atom. The zero-order chi connectivity index (χ0) is 19.3. The van der Waals surface area contributed by atoms with E-state index in [9.17, 15) is 10.0 Å². The lowest BCUT2D eigenvalue weighted by atomic mass is 10.0. The molecule has 2 aromatic carbocycles. The molecule has 2 rings (SSSR count). The topological polar surface area (TPSA) is 49.8 Å². The summed E-state index contributed by atoms with van der Waals surface area (Å²) in [5.41, 5.74) is 6.02. The van der Waals surface area contributed by atoms with Crippen molar-refractivity contribution in [2.24, 2.45) is 0 Å². The number of anilines is 1. The molecule has 0 heterocycles. The van der Waals surface area contributed by atoms with E-state index in [1.165, 1.54) is 11.1 Å². The van der Waals surface area contributed by atoms with E-state index in [4.69, 9.17) is 4.74 Å². The van der Waals surface area contributed by atoms with E-state index >= 15 is 0 Å². The summed E-state index contributed by atoms with van der Waals surface area (Å²) in [6, 6.07) is 9.84. The van der Waals surface area contributed by atoms with Crippen molar-refractivity contribution >= 4 is 11.6 Å². The number of hydrogen-bond donors (Lipinski definition) is 1. The molecule has 4 nitrogen and oxygen atoms in total. The Morgan fingerprint density at radius 3 is 2.35 bits per heavy atom. The summed E-state index contributed by atoms with van der Waals surface area (Å²) < 4.78 is 6.10. The maximum absolute atomic E-state index is 11.9. The number of amides is 1. The Morgan fingerprint density at radius 1 is 1.04 bits per heavy atom. The minimum Gasteiger partial charge on any atom is -0.489 e. The van der Waals surface area contributed by atoms with Crippen molar-refractivity contribution in [3.63, 3.8) is 0 Å². The highest BCUT2D eigenvalue weighted by Gasteiger charge is 2.18. The van der Waals surface area contributed by atoms with Gasteiger partial charge in [0, 0.05) is 12.0 Å². The molecule has 4 heteroatoms. The van der Waals surface area contributed by atoms with Gasteiger partial charge >= 0.3 is 0 Å². The first-order valence-corrected chi connectivity index (χ1v) is 9.28. The Bertz CT molecular complexity index is 783. The van der Waals surface area contributed by atoms with Crippen LogP contribution >= 0.6 is 0 Å². The van der Waals surface area contributed by atoms with Gasteiger partial charge in [-0.3, -0.25) is 10.0 Å². The number of hydrogen-bond acceptors (Lipinski definition) is 3. The van der Waals surface area contributed by atoms with Gasteiger partial charge in [0.05, 0.1) is 5.69 Å². The fourth-order valence-electron chi connectivity index (χ4n) is 3.14. The summed E-state index contributed by atoms with van der Waals surface area (Å²) in [5.74, 6) is 0.502. The Hall–Kier alpha value is -2.33. The summed E-state index contributed by atoms with van der Waals surface area (Å²) in [4.78, 5) is 11.9. The smallest absolute Gasteiger partial charge is 0.250 e. The number of nitrogens with zero attached hydrogens (tertiary/aromatic N) is 1. The van der Waals surface area contributed by atoms with Gasteiger partial charge in [0.15, 0.2) is 0 Å².